The van der Waals surface area contributed by atoms with Crippen molar-refractivity contribution in [2.75, 3.05) is 24.2 Å². The quantitative estimate of drug-likeness (QED) is 0.671. The summed E-state index contributed by atoms with van der Waals surface area (Å²) in [6, 6.07) is 0. The summed E-state index contributed by atoms with van der Waals surface area (Å²) in [5, 5.41) is 0.356. The van der Waals surface area contributed by atoms with Gasteiger partial charge in [0, 0.05) is 11.9 Å². The van der Waals surface area contributed by atoms with Gasteiger partial charge in [0.2, 0.25) is 10.0 Å². The van der Waals surface area contributed by atoms with E-state index < -0.39 is 23.0 Å². The van der Waals surface area contributed by atoms with Gasteiger partial charge in [-0.15, -0.1) is 0 Å². The van der Waals surface area contributed by atoms with Crippen molar-refractivity contribution in [1.29, 1.82) is 0 Å². The van der Waals surface area contributed by atoms with E-state index in [1.165, 1.54) is 0 Å². The molecule has 3 nitrogen and oxygen atoms in total. The smallest absolute Gasteiger partial charge is 0.212 e. The lowest BCUT2D eigenvalue weighted by Gasteiger charge is -2.24. The Morgan fingerprint density at radius 1 is 1.29 bits per heavy atom. The first-order chi connectivity index (χ1) is 7.58. The molecule has 104 valence electrons. The first-order valence-electron chi connectivity index (χ1n) is 5.40. The second-order valence-corrected chi connectivity index (χ2v) is 7.95. The van der Waals surface area contributed by atoms with Crippen LogP contribution in [-0.4, -0.2) is 43.3 Å². The Morgan fingerprint density at radius 3 is 2.18 bits per heavy atom. The predicted molar refractivity (Wildman–Crippen MR) is 69.2 cm³/mol. The van der Waals surface area contributed by atoms with E-state index in [2.05, 4.69) is 15.9 Å². The van der Waals surface area contributed by atoms with Crippen molar-refractivity contribution in [3.63, 3.8) is 0 Å². The molecule has 0 N–H and O–H groups in total. The third kappa shape index (κ3) is 8.05. The number of hydrogen-bond acceptors (Lipinski definition) is 2. The van der Waals surface area contributed by atoms with Crippen LogP contribution >= 0.6 is 15.9 Å². The second kappa shape index (κ2) is 6.99. The Balaban J connectivity index is 4.60. The van der Waals surface area contributed by atoms with Crippen LogP contribution in [0.5, 0.6) is 0 Å². The summed E-state index contributed by atoms with van der Waals surface area (Å²) >= 11 is 3.07. The van der Waals surface area contributed by atoms with Gasteiger partial charge in [-0.1, -0.05) is 36.7 Å². The third-order valence-electron chi connectivity index (χ3n) is 2.18. The molecule has 0 aromatic heterocycles. The van der Waals surface area contributed by atoms with Crippen LogP contribution in [0, 0.1) is 5.41 Å². The maximum atomic E-state index is 12.3. The molecule has 0 aliphatic heterocycles. The summed E-state index contributed by atoms with van der Waals surface area (Å²) in [5.74, 6) is -0.0871. The molecule has 0 heterocycles. The number of halogens is 3. The number of sulfonamides is 1. The number of alkyl halides is 3. The molecule has 0 saturated carbocycles. The fourth-order valence-electron chi connectivity index (χ4n) is 1.16. The monoisotopic (exact) mass is 335 g/mol. The Kier molecular flexibility index (Phi) is 7.09. The normalized spacial score (nSPS) is 13.6. The van der Waals surface area contributed by atoms with Crippen LogP contribution in [0.2, 0.25) is 0 Å². The van der Waals surface area contributed by atoms with Crippen LogP contribution in [-0.2, 0) is 10.0 Å². The van der Waals surface area contributed by atoms with Crippen LogP contribution in [0.1, 0.15) is 27.2 Å². The van der Waals surface area contributed by atoms with Gasteiger partial charge in [0.25, 0.3) is 6.43 Å². The number of nitrogens with zero attached hydrogens (tertiary/aromatic N) is 1. The van der Waals surface area contributed by atoms with Crippen molar-refractivity contribution in [2.45, 2.75) is 33.6 Å². The highest BCUT2D eigenvalue weighted by Crippen LogP contribution is 2.20. The van der Waals surface area contributed by atoms with Gasteiger partial charge in [0.15, 0.2) is 0 Å². The van der Waals surface area contributed by atoms with E-state index in [0.29, 0.717) is 11.8 Å². The average Bonchev–Trinajstić information content (AvgIpc) is 2.13. The maximum absolute atomic E-state index is 12.3. The van der Waals surface area contributed by atoms with E-state index in [9.17, 15) is 17.2 Å². The van der Waals surface area contributed by atoms with E-state index in [1.54, 1.807) is 0 Å². The SMILES string of the molecule is CC(C)(C)CCS(=O)(=O)N(CCBr)CC(F)F. The zero-order valence-electron chi connectivity index (χ0n) is 10.4. The van der Waals surface area contributed by atoms with Crippen molar-refractivity contribution in [1.82, 2.24) is 4.31 Å². The zero-order chi connectivity index (χ0) is 13.7. The van der Waals surface area contributed by atoms with Gasteiger partial charge >= 0.3 is 0 Å². The fraction of sp³-hybridized carbons (Fsp3) is 1.00. The van der Waals surface area contributed by atoms with Crippen molar-refractivity contribution >= 4 is 26.0 Å². The standard InChI is InChI=1S/C10H20BrF2NO2S/c1-10(2,3)4-7-17(15,16)14(6-5-11)8-9(12)13/h9H,4-8H2,1-3H3. The van der Waals surface area contributed by atoms with Crippen LogP contribution in [0.25, 0.3) is 0 Å². The molecule has 0 aliphatic carbocycles. The van der Waals surface area contributed by atoms with E-state index in [1.807, 2.05) is 20.8 Å². The van der Waals surface area contributed by atoms with Gasteiger partial charge in [0.05, 0.1) is 12.3 Å². The molecule has 0 fully saturated rings. The highest BCUT2D eigenvalue weighted by Gasteiger charge is 2.26. The van der Waals surface area contributed by atoms with Crippen molar-refractivity contribution in [3.8, 4) is 0 Å². The highest BCUT2D eigenvalue weighted by atomic mass is 79.9. The molecule has 0 bridgehead atoms. The Morgan fingerprint density at radius 2 is 1.82 bits per heavy atom. The molecule has 0 atom stereocenters. The van der Waals surface area contributed by atoms with Gasteiger partial charge in [-0.05, 0) is 11.8 Å². The summed E-state index contributed by atoms with van der Waals surface area (Å²) in [6.07, 6.45) is -2.18. The van der Waals surface area contributed by atoms with Crippen molar-refractivity contribution in [2.24, 2.45) is 5.41 Å². The maximum Gasteiger partial charge on any atom is 0.252 e. The van der Waals surface area contributed by atoms with Gasteiger partial charge in [-0.2, -0.15) is 4.31 Å². The molecule has 0 saturated heterocycles. The lowest BCUT2D eigenvalue weighted by Crippen LogP contribution is -2.38. The topological polar surface area (TPSA) is 37.4 Å². The van der Waals surface area contributed by atoms with E-state index in [-0.39, 0.29) is 17.7 Å². The highest BCUT2D eigenvalue weighted by molar-refractivity contribution is 9.09. The molecular formula is C10H20BrF2NO2S. The largest absolute Gasteiger partial charge is 0.252 e. The second-order valence-electron chi connectivity index (χ2n) is 5.06. The molecule has 0 unspecified atom stereocenters. The summed E-state index contributed by atoms with van der Waals surface area (Å²) < 4.78 is 49.2. The molecule has 0 radical (unpaired) electrons. The molecule has 7 heteroatoms. The Labute approximate surface area is 111 Å². The molecular weight excluding hydrogens is 316 g/mol. The van der Waals surface area contributed by atoms with Crippen LogP contribution in [0.4, 0.5) is 8.78 Å². The molecule has 0 aromatic carbocycles. The minimum absolute atomic E-state index is 0.0802. The summed E-state index contributed by atoms with van der Waals surface area (Å²) in [7, 11) is -3.59. The number of rotatable bonds is 7. The molecule has 0 rings (SSSR count). The molecule has 0 spiro atoms. The summed E-state index contributed by atoms with van der Waals surface area (Å²) in [6.45, 7) is 5.12. The third-order valence-corrected chi connectivity index (χ3v) is 4.37. The van der Waals surface area contributed by atoms with Crippen molar-refractivity contribution < 1.29 is 17.2 Å². The van der Waals surface area contributed by atoms with Crippen molar-refractivity contribution in [3.05, 3.63) is 0 Å². The minimum Gasteiger partial charge on any atom is -0.212 e. The minimum atomic E-state index is -3.59. The molecule has 0 aromatic rings. The van der Waals surface area contributed by atoms with E-state index in [4.69, 9.17) is 0 Å². The predicted octanol–water partition coefficient (Wildman–Crippen LogP) is 2.71. The van der Waals surface area contributed by atoms with Gasteiger partial charge < -0.3 is 0 Å². The van der Waals surface area contributed by atoms with Crippen LogP contribution in [0.3, 0.4) is 0 Å². The van der Waals surface area contributed by atoms with Crippen LogP contribution < -0.4 is 0 Å². The lowest BCUT2D eigenvalue weighted by molar-refractivity contribution is 0.121. The zero-order valence-corrected chi connectivity index (χ0v) is 12.8. The fourth-order valence-corrected chi connectivity index (χ4v) is 3.66. The first-order valence-corrected chi connectivity index (χ1v) is 8.13. The van der Waals surface area contributed by atoms with Gasteiger partial charge in [-0.3, -0.25) is 0 Å². The number of hydrogen-bond donors (Lipinski definition) is 0. The van der Waals surface area contributed by atoms with Gasteiger partial charge in [-0.25, -0.2) is 17.2 Å². The Hall–Kier alpha value is 0.250. The molecule has 0 aliphatic rings. The molecule has 17 heavy (non-hydrogen) atoms. The lowest BCUT2D eigenvalue weighted by atomic mass is 9.94. The average molecular weight is 336 g/mol. The first kappa shape index (κ1) is 17.2. The summed E-state index contributed by atoms with van der Waals surface area (Å²) in [5.41, 5.74) is -0.127. The van der Waals surface area contributed by atoms with E-state index >= 15 is 0 Å². The van der Waals surface area contributed by atoms with E-state index in [0.717, 1.165) is 4.31 Å². The van der Waals surface area contributed by atoms with Crippen LogP contribution in [0.15, 0.2) is 0 Å². The Bertz CT molecular complexity index is 315. The van der Waals surface area contributed by atoms with Gasteiger partial charge in [0.1, 0.15) is 0 Å². The summed E-state index contributed by atoms with van der Waals surface area (Å²) in [4.78, 5) is 0. The molecule has 0 amide bonds.